The molecule has 0 aromatic rings. The molecule has 0 fully saturated rings. The van der Waals surface area contributed by atoms with Crippen molar-refractivity contribution in [3.8, 4) is 0 Å². The molecule has 0 bridgehead atoms. The Morgan fingerprint density at radius 2 is 1.38 bits per heavy atom. The van der Waals surface area contributed by atoms with E-state index in [2.05, 4.69) is 0 Å². The van der Waals surface area contributed by atoms with Crippen molar-refractivity contribution < 1.29 is 29.7 Å². The van der Waals surface area contributed by atoms with Crippen molar-refractivity contribution in [3.05, 3.63) is 36.5 Å². The van der Waals surface area contributed by atoms with E-state index in [1.165, 1.54) is 6.08 Å². The van der Waals surface area contributed by atoms with Gasteiger partial charge in [-0.05, 0) is 31.6 Å². The first-order valence-electron chi connectivity index (χ1n) is 6.62. The van der Waals surface area contributed by atoms with Crippen LogP contribution >= 0.6 is 0 Å². The van der Waals surface area contributed by atoms with Gasteiger partial charge in [0, 0.05) is 18.2 Å². The van der Waals surface area contributed by atoms with Crippen molar-refractivity contribution in [1.82, 2.24) is 0 Å². The fourth-order valence-electron chi connectivity index (χ4n) is 1.71. The van der Waals surface area contributed by atoms with Crippen LogP contribution in [0, 0.1) is 5.92 Å². The van der Waals surface area contributed by atoms with Crippen molar-refractivity contribution in [2.45, 2.75) is 32.1 Å². The van der Waals surface area contributed by atoms with E-state index < -0.39 is 17.9 Å². The molecule has 0 aromatic heterocycles. The largest absolute Gasteiger partial charge is 0.478 e. The third-order valence-corrected chi connectivity index (χ3v) is 2.67. The molecule has 1 atom stereocenters. The molecule has 116 valence electrons. The molecule has 0 saturated carbocycles. The second kappa shape index (κ2) is 11.5. The van der Waals surface area contributed by atoms with Crippen molar-refractivity contribution in [2.75, 3.05) is 0 Å². The number of carboxylic acids is 3. The second-order valence-electron chi connectivity index (χ2n) is 4.46. The third-order valence-electron chi connectivity index (χ3n) is 2.67. The first kappa shape index (κ1) is 18.6. The molecule has 0 saturated heterocycles. The summed E-state index contributed by atoms with van der Waals surface area (Å²) in [5, 5.41) is 25.5. The van der Waals surface area contributed by atoms with Gasteiger partial charge in [-0.25, -0.2) is 14.4 Å². The van der Waals surface area contributed by atoms with Crippen LogP contribution in [0.5, 0.6) is 0 Å². The van der Waals surface area contributed by atoms with Crippen LogP contribution in [0.25, 0.3) is 0 Å². The molecule has 0 spiro atoms. The molecule has 6 heteroatoms. The molecule has 3 N–H and O–H groups in total. The van der Waals surface area contributed by atoms with Gasteiger partial charge in [-0.3, -0.25) is 0 Å². The lowest BCUT2D eigenvalue weighted by molar-refractivity contribution is -0.132. The van der Waals surface area contributed by atoms with Crippen LogP contribution in [0.4, 0.5) is 0 Å². The molecule has 0 radical (unpaired) electrons. The number of carbonyl (C=O) groups is 3. The summed E-state index contributed by atoms with van der Waals surface area (Å²) in [6, 6.07) is 0. The maximum absolute atomic E-state index is 10.5. The fourth-order valence-corrected chi connectivity index (χ4v) is 1.71. The first-order valence-corrected chi connectivity index (χ1v) is 6.62. The normalized spacial score (nSPS) is 13.1. The topological polar surface area (TPSA) is 112 Å². The summed E-state index contributed by atoms with van der Waals surface area (Å²) in [5.41, 5.74) is 0. The summed E-state index contributed by atoms with van der Waals surface area (Å²) < 4.78 is 0. The van der Waals surface area contributed by atoms with Crippen LogP contribution in [0.15, 0.2) is 36.5 Å². The number of aliphatic carboxylic acids is 3. The molecule has 21 heavy (non-hydrogen) atoms. The number of hydrogen-bond donors (Lipinski definition) is 3. The minimum absolute atomic E-state index is 0.0415. The Morgan fingerprint density at radius 1 is 0.810 bits per heavy atom. The zero-order chi connectivity index (χ0) is 16.1. The molecule has 6 nitrogen and oxygen atoms in total. The monoisotopic (exact) mass is 296 g/mol. The standard InChI is InChI=1S/C15H20O6/c16-13(17)8-4-2-1-3-6-12(10-11-15(20)21)7-5-9-14(18)19/h4-5,8-12H,1-3,6-7H2,(H,16,17)(H,18,19)(H,20,21). The van der Waals surface area contributed by atoms with Crippen molar-refractivity contribution >= 4 is 17.9 Å². The van der Waals surface area contributed by atoms with Crippen LogP contribution in [-0.4, -0.2) is 33.2 Å². The predicted octanol–water partition coefficient (Wildman–Crippen LogP) is 2.48. The molecule has 0 rings (SSSR count). The smallest absolute Gasteiger partial charge is 0.327 e. The molecule has 1 unspecified atom stereocenters. The van der Waals surface area contributed by atoms with E-state index in [1.807, 2.05) is 0 Å². The van der Waals surface area contributed by atoms with Crippen LogP contribution < -0.4 is 0 Å². The van der Waals surface area contributed by atoms with Crippen molar-refractivity contribution in [1.29, 1.82) is 0 Å². The molecule has 0 aliphatic rings. The van der Waals surface area contributed by atoms with Gasteiger partial charge in [0.25, 0.3) is 0 Å². The predicted molar refractivity (Wildman–Crippen MR) is 76.9 cm³/mol. The van der Waals surface area contributed by atoms with E-state index >= 15 is 0 Å². The number of rotatable bonds is 11. The number of hydrogen-bond acceptors (Lipinski definition) is 3. The van der Waals surface area contributed by atoms with E-state index in [1.54, 1.807) is 12.2 Å². The van der Waals surface area contributed by atoms with Crippen molar-refractivity contribution in [2.24, 2.45) is 5.92 Å². The maximum Gasteiger partial charge on any atom is 0.327 e. The molecule has 0 aliphatic heterocycles. The zero-order valence-electron chi connectivity index (χ0n) is 11.6. The third kappa shape index (κ3) is 13.9. The molecular weight excluding hydrogens is 276 g/mol. The summed E-state index contributed by atoms with van der Waals surface area (Å²) >= 11 is 0. The fraction of sp³-hybridized carbons (Fsp3) is 0.400. The van der Waals surface area contributed by atoms with Gasteiger partial charge in [0.2, 0.25) is 0 Å². The van der Waals surface area contributed by atoms with E-state index in [4.69, 9.17) is 15.3 Å². The van der Waals surface area contributed by atoms with Gasteiger partial charge in [-0.2, -0.15) is 0 Å². The number of unbranched alkanes of at least 4 members (excludes halogenated alkanes) is 2. The van der Waals surface area contributed by atoms with Crippen molar-refractivity contribution in [3.63, 3.8) is 0 Å². The Hall–Kier alpha value is -2.37. The second-order valence-corrected chi connectivity index (χ2v) is 4.46. The van der Waals surface area contributed by atoms with E-state index in [0.717, 1.165) is 31.1 Å². The summed E-state index contributed by atoms with van der Waals surface area (Å²) in [6.07, 6.45) is 11.3. The Morgan fingerprint density at radius 3 is 1.95 bits per heavy atom. The summed E-state index contributed by atoms with van der Waals surface area (Å²) in [7, 11) is 0. The van der Waals surface area contributed by atoms with Crippen LogP contribution in [0.2, 0.25) is 0 Å². The maximum atomic E-state index is 10.5. The van der Waals surface area contributed by atoms with Crippen LogP contribution in [0.1, 0.15) is 32.1 Å². The van der Waals surface area contributed by atoms with Crippen LogP contribution in [0.3, 0.4) is 0 Å². The van der Waals surface area contributed by atoms with Gasteiger partial charge >= 0.3 is 17.9 Å². The van der Waals surface area contributed by atoms with Gasteiger partial charge in [0.1, 0.15) is 0 Å². The minimum atomic E-state index is -1.04. The Bertz CT molecular complexity index is 433. The lowest BCUT2D eigenvalue weighted by Crippen LogP contribution is -1.98. The zero-order valence-corrected chi connectivity index (χ0v) is 11.6. The molecule has 0 amide bonds. The number of carboxylic acid groups (broad SMARTS) is 3. The van der Waals surface area contributed by atoms with Gasteiger partial charge in [0.15, 0.2) is 0 Å². The highest BCUT2D eigenvalue weighted by molar-refractivity contribution is 5.80. The van der Waals surface area contributed by atoms with Gasteiger partial charge in [0.05, 0.1) is 0 Å². The highest BCUT2D eigenvalue weighted by Crippen LogP contribution is 2.16. The van der Waals surface area contributed by atoms with Gasteiger partial charge in [-0.1, -0.05) is 24.6 Å². The Kier molecular flexibility index (Phi) is 10.2. The Labute approximate surface area is 123 Å². The van der Waals surface area contributed by atoms with Crippen LogP contribution in [-0.2, 0) is 14.4 Å². The van der Waals surface area contributed by atoms with Gasteiger partial charge < -0.3 is 15.3 Å². The van der Waals surface area contributed by atoms with E-state index in [-0.39, 0.29) is 5.92 Å². The quantitative estimate of drug-likeness (QED) is 0.399. The van der Waals surface area contributed by atoms with E-state index in [0.29, 0.717) is 19.3 Å². The minimum Gasteiger partial charge on any atom is -0.478 e. The molecular formula is C15H20O6. The lowest BCUT2D eigenvalue weighted by Gasteiger charge is -2.09. The average Bonchev–Trinajstić information content (AvgIpc) is 2.38. The van der Waals surface area contributed by atoms with Gasteiger partial charge in [-0.15, -0.1) is 0 Å². The first-order chi connectivity index (χ1) is 9.91. The summed E-state index contributed by atoms with van der Waals surface area (Å²) in [5.74, 6) is -3.09. The van der Waals surface area contributed by atoms with E-state index in [9.17, 15) is 14.4 Å². The highest BCUT2D eigenvalue weighted by Gasteiger charge is 2.04. The average molecular weight is 296 g/mol. The highest BCUT2D eigenvalue weighted by atomic mass is 16.4. The molecule has 0 aromatic carbocycles. The summed E-state index contributed by atoms with van der Waals surface area (Å²) in [6.45, 7) is 0. The Balaban J connectivity index is 4.18. The SMILES string of the molecule is O=C(O)C=CCCCCC(C=CC(=O)O)CC=CC(=O)O. The molecule has 0 heterocycles. The number of allylic oxidation sites excluding steroid dienone is 3. The summed E-state index contributed by atoms with van der Waals surface area (Å²) in [4.78, 5) is 31.1. The molecule has 0 aliphatic carbocycles. The lowest BCUT2D eigenvalue weighted by atomic mass is 9.97.